The molecule has 0 aromatic rings. The monoisotopic (exact) mass is 298 g/mol. The number of carbonyl (C=O) groups excluding carboxylic acids is 1. The summed E-state index contributed by atoms with van der Waals surface area (Å²) in [5, 5.41) is 6.62. The number of ether oxygens (including phenoxy) is 1. The summed E-state index contributed by atoms with van der Waals surface area (Å²) in [6.45, 7) is 5.75. The molecule has 1 heterocycles. The lowest BCUT2D eigenvalue weighted by Gasteiger charge is -2.15. The molecule has 1 atom stereocenters. The van der Waals surface area contributed by atoms with E-state index in [-0.39, 0.29) is 12.5 Å². The second-order valence-corrected chi connectivity index (χ2v) is 5.70. The number of unbranched alkanes of at least 4 members (excludes halogenated alkanes) is 2. The third kappa shape index (κ3) is 7.90. The fourth-order valence-corrected chi connectivity index (χ4v) is 2.03. The molecule has 0 aromatic heterocycles. The quantitative estimate of drug-likeness (QED) is 0.396. The zero-order valence-corrected chi connectivity index (χ0v) is 13.7. The highest BCUT2D eigenvalue weighted by molar-refractivity contribution is 5.84. The summed E-state index contributed by atoms with van der Waals surface area (Å²) in [5.74, 6) is 1.28. The zero-order valence-electron chi connectivity index (χ0n) is 13.7. The minimum absolute atomic E-state index is 0.00820. The van der Waals surface area contributed by atoms with Crippen molar-refractivity contribution in [2.75, 3.05) is 46.9 Å². The van der Waals surface area contributed by atoms with Gasteiger partial charge in [-0.1, -0.05) is 19.8 Å². The molecule has 122 valence electrons. The molecule has 6 nitrogen and oxygen atoms in total. The van der Waals surface area contributed by atoms with Gasteiger partial charge in [0.15, 0.2) is 5.96 Å². The zero-order chi connectivity index (χ0) is 15.5. The molecular formula is C15H30N4O2. The van der Waals surface area contributed by atoms with E-state index in [1.165, 1.54) is 12.8 Å². The van der Waals surface area contributed by atoms with Crippen LogP contribution in [-0.4, -0.2) is 63.7 Å². The summed E-state index contributed by atoms with van der Waals surface area (Å²) >= 11 is 0. The Hall–Kier alpha value is -1.30. The van der Waals surface area contributed by atoms with Crippen molar-refractivity contribution in [3.05, 3.63) is 0 Å². The van der Waals surface area contributed by atoms with Crippen molar-refractivity contribution in [2.24, 2.45) is 10.9 Å². The third-order valence-electron chi connectivity index (χ3n) is 3.53. The molecule has 1 rings (SSSR count). The van der Waals surface area contributed by atoms with Gasteiger partial charge in [0.25, 0.3) is 0 Å². The van der Waals surface area contributed by atoms with Gasteiger partial charge in [-0.3, -0.25) is 4.79 Å². The summed E-state index contributed by atoms with van der Waals surface area (Å²) in [6.07, 6.45) is 4.60. The van der Waals surface area contributed by atoms with E-state index in [1.54, 1.807) is 19.0 Å². The smallest absolute Gasteiger partial charge is 0.243 e. The fourth-order valence-electron chi connectivity index (χ4n) is 2.03. The predicted octanol–water partition coefficient (Wildman–Crippen LogP) is 0.837. The molecule has 6 heteroatoms. The summed E-state index contributed by atoms with van der Waals surface area (Å²) in [5.41, 5.74) is 0. The first-order valence-corrected chi connectivity index (χ1v) is 7.93. The molecule has 0 radical (unpaired) electrons. The lowest BCUT2D eigenvalue weighted by molar-refractivity contribution is -0.127. The van der Waals surface area contributed by atoms with Crippen molar-refractivity contribution in [3.8, 4) is 0 Å². The molecule has 1 amide bonds. The molecule has 21 heavy (non-hydrogen) atoms. The minimum atomic E-state index is 0.00820. The van der Waals surface area contributed by atoms with Gasteiger partial charge in [0.1, 0.15) is 6.54 Å². The van der Waals surface area contributed by atoms with E-state index in [4.69, 9.17) is 4.74 Å². The third-order valence-corrected chi connectivity index (χ3v) is 3.53. The number of nitrogens with zero attached hydrogens (tertiary/aromatic N) is 2. The maximum absolute atomic E-state index is 11.6. The lowest BCUT2D eigenvalue weighted by Crippen LogP contribution is -2.41. The Labute approximate surface area is 128 Å². The number of rotatable bonds is 8. The van der Waals surface area contributed by atoms with Crippen LogP contribution in [0, 0.1) is 5.92 Å². The Morgan fingerprint density at radius 1 is 1.33 bits per heavy atom. The molecular weight excluding hydrogens is 268 g/mol. The second kappa shape index (κ2) is 10.4. The van der Waals surface area contributed by atoms with Crippen LogP contribution in [0.2, 0.25) is 0 Å². The van der Waals surface area contributed by atoms with Crippen molar-refractivity contribution < 1.29 is 9.53 Å². The summed E-state index contributed by atoms with van der Waals surface area (Å²) in [7, 11) is 3.49. The van der Waals surface area contributed by atoms with Crippen LogP contribution in [-0.2, 0) is 9.53 Å². The highest BCUT2D eigenvalue weighted by atomic mass is 16.5. The van der Waals surface area contributed by atoms with Gasteiger partial charge in [-0.2, -0.15) is 0 Å². The standard InChI is InChI=1S/C15H30N4O2/c1-4-5-6-8-16-15(18-11-14(20)19(2)3)17-10-13-7-9-21-12-13/h13H,4-12H2,1-3H3,(H2,16,17,18). The number of amides is 1. The van der Waals surface area contributed by atoms with Crippen LogP contribution in [0.5, 0.6) is 0 Å². The number of hydrogen-bond donors (Lipinski definition) is 2. The van der Waals surface area contributed by atoms with Gasteiger partial charge in [-0.05, 0) is 12.8 Å². The van der Waals surface area contributed by atoms with Crippen LogP contribution < -0.4 is 10.6 Å². The fraction of sp³-hybridized carbons (Fsp3) is 0.867. The van der Waals surface area contributed by atoms with Gasteiger partial charge >= 0.3 is 0 Å². The first kappa shape index (κ1) is 17.8. The summed E-state index contributed by atoms with van der Waals surface area (Å²) < 4.78 is 5.37. The van der Waals surface area contributed by atoms with E-state index in [0.29, 0.717) is 5.92 Å². The van der Waals surface area contributed by atoms with Gasteiger partial charge in [0.05, 0.1) is 6.61 Å². The molecule has 0 spiro atoms. The first-order chi connectivity index (χ1) is 10.1. The van der Waals surface area contributed by atoms with E-state index in [1.807, 2.05) is 0 Å². The highest BCUT2D eigenvalue weighted by Crippen LogP contribution is 2.10. The van der Waals surface area contributed by atoms with E-state index < -0.39 is 0 Å². The van der Waals surface area contributed by atoms with Crippen LogP contribution in [0.3, 0.4) is 0 Å². The van der Waals surface area contributed by atoms with Crippen LogP contribution in [0.4, 0.5) is 0 Å². The van der Waals surface area contributed by atoms with Crippen molar-refractivity contribution in [1.82, 2.24) is 15.5 Å². The molecule has 0 saturated carbocycles. The average molecular weight is 298 g/mol. The Balaban J connectivity index is 2.39. The second-order valence-electron chi connectivity index (χ2n) is 5.70. The number of likely N-dealkylation sites (N-methyl/N-ethyl adjacent to an activating group) is 1. The van der Waals surface area contributed by atoms with Gasteiger partial charge < -0.3 is 20.3 Å². The highest BCUT2D eigenvalue weighted by Gasteiger charge is 2.15. The number of nitrogens with one attached hydrogen (secondary N) is 2. The summed E-state index contributed by atoms with van der Waals surface area (Å²) in [6, 6.07) is 0. The molecule has 1 aliphatic heterocycles. The lowest BCUT2D eigenvalue weighted by atomic mass is 10.1. The SMILES string of the molecule is CCCCCNC(=NCC(=O)N(C)C)NCC1CCOC1. The van der Waals surface area contributed by atoms with Crippen LogP contribution in [0.25, 0.3) is 0 Å². The van der Waals surface area contributed by atoms with Crippen LogP contribution >= 0.6 is 0 Å². The minimum Gasteiger partial charge on any atom is -0.381 e. The topological polar surface area (TPSA) is 66.0 Å². The predicted molar refractivity (Wildman–Crippen MR) is 85.5 cm³/mol. The van der Waals surface area contributed by atoms with Crippen molar-refractivity contribution >= 4 is 11.9 Å². The molecule has 1 fully saturated rings. The average Bonchev–Trinajstić information content (AvgIpc) is 2.98. The summed E-state index contributed by atoms with van der Waals surface area (Å²) in [4.78, 5) is 17.6. The maximum Gasteiger partial charge on any atom is 0.243 e. The number of carbonyl (C=O) groups is 1. The molecule has 0 aliphatic carbocycles. The molecule has 0 aromatic carbocycles. The Kier molecular flexibility index (Phi) is 8.82. The molecule has 1 saturated heterocycles. The van der Waals surface area contributed by atoms with E-state index in [0.717, 1.165) is 45.1 Å². The Morgan fingerprint density at radius 2 is 2.14 bits per heavy atom. The van der Waals surface area contributed by atoms with E-state index >= 15 is 0 Å². The number of aliphatic imine (C=N–C) groups is 1. The van der Waals surface area contributed by atoms with Gasteiger partial charge in [0, 0.05) is 39.7 Å². The normalized spacial score (nSPS) is 18.6. The van der Waals surface area contributed by atoms with Crippen molar-refractivity contribution in [2.45, 2.75) is 32.6 Å². The van der Waals surface area contributed by atoms with Crippen molar-refractivity contribution in [3.63, 3.8) is 0 Å². The van der Waals surface area contributed by atoms with Gasteiger partial charge in [-0.15, -0.1) is 0 Å². The molecule has 0 bridgehead atoms. The van der Waals surface area contributed by atoms with Gasteiger partial charge in [-0.25, -0.2) is 4.99 Å². The molecule has 2 N–H and O–H groups in total. The Bertz CT molecular complexity index is 326. The Morgan fingerprint density at radius 3 is 2.76 bits per heavy atom. The molecule has 1 aliphatic rings. The van der Waals surface area contributed by atoms with Crippen LogP contribution in [0.15, 0.2) is 4.99 Å². The van der Waals surface area contributed by atoms with Gasteiger partial charge in [0.2, 0.25) is 5.91 Å². The van der Waals surface area contributed by atoms with Crippen LogP contribution in [0.1, 0.15) is 32.6 Å². The first-order valence-electron chi connectivity index (χ1n) is 7.93. The number of hydrogen-bond acceptors (Lipinski definition) is 3. The largest absolute Gasteiger partial charge is 0.381 e. The molecule has 1 unspecified atom stereocenters. The number of guanidine groups is 1. The van der Waals surface area contributed by atoms with E-state index in [2.05, 4.69) is 22.5 Å². The van der Waals surface area contributed by atoms with Crippen molar-refractivity contribution in [1.29, 1.82) is 0 Å². The van der Waals surface area contributed by atoms with E-state index in [9.17, 15) is 4.79 Å². The maximum atomic E-state index is 11.6.